The van der Waals surface area contributed by atoms with Crippen LogP contribution in [0.2, 0.25) is 0 Å². The minimum Gasteiger partial charge on any atom is -0.383 e. The average Bonchev–Trinajstić information content (AvgIpc) is 2.95. The Morgan fingerprint density at radius 1 is 1.29 bits per heavy atom. The molecule has 1 aliphatic heterocycles. The van der Waals surface area contributed by atoms with Gasteiger partial charge in [-0.05, 0) is 25.8 Å². The first-order valence-electron chi connectivity index (χ1n) is 8.49. The summed E-state index contributed by atoms with van der Waals surface area (Å²) in [5, 5.41) is 6.87. The van der Waals surface area contributed by atoms with E-state index < -0.39 is 0 Å². The minimum absolute atomic E-state index is 0.610. The SMILES string of the molecule is CCCCCCNC(=NC)NCC1CCCN1CCOC. The molecule has 0 aromatic carbocycles. The van der Waals surface area contributed by atoms with Crippen LogP contribution in [0.3, 0.4) is 0 Å². The Hall–Kier alpha value is -0.810. The number of unbranched alkanes of at least 4 members (excludes halogenated alkanes) is 3. The first kappa shape index (κ1) is 18.2. The lowest BCUT2D eigenvalue weighted by atomic mass is 10.2. The van der Waals surface area contributed by atoms with Gasteiger partial charge in [0, 0.05) is 39.8 Å². The Morgan fingerprint density at radius 2 is 2.14 bits per heavy atom. The van der Waals surface area contributed by atoms with Crippen LogP contribution >= 0.6 is 0 Å². The summed E-state index contributed by atoms with van der Waals surface area (Å²) in [6.45, 7) is 7.27. The molecule has 2 N–H and O–H groups in total. The summed E-state index contributed by atoms with van der Waals surface area (Å²) in [5.41, 5.74) is 0. The van der Waals surface area contributed by atoms with E-state index in [0.29, 0.717) is 6.04 Å². The van der Waals surface area contributed by atoms with Gasteiger partial charge < -0.3 is 15.4 Å². The van der Waals surface area contributed by atoms with E-state index >= 15 is 0 Å². The Morgan fingerprint density at radius 3 is 2.86 bits per heavy atom. The summed E-state index contributed by atoms with van der Waals surface area (Å²) in [6.07, 6.45) is 7.69. The smallest absolute Gasteiger partial charge is 0.191 e. The van der Waals surface area contributed by atoms with Crippen molar-refractivity contribution in [1.82, 2.24) is 15.5 Å². The standard InChI is InChI=1S/C16H34N4O/c1-4-5-6-7-10-18-16(17-2)19-14-15-9-8-11-20(15)12-13-21-3/h15H,4-14H2,1-3H3,(H2,17,18,19). The number of rotatable bonds is 10. The summed E-state index contributed by atoms with van der Waals surface area (Å²) in [7, 11) is 3.62. The van der Waals surface area contributed by atoms with Crippen molar-refractivity contribution in [2.24, 2.45) is 4.99 Å². The highest BCUT2D eigenvalue weighted by Gasteiger charge is 2.23. The van der Waals surface area contributed by atoms with Crippen LogP contribution < -0.4 is 10.6 Å². The quantitative estimate of drug-likeness (QED) is 0.367. The molecule has 0 amide bonds. The van der Waals surface area contributed by atoms with Gasteiger partial charge in [-0.2, -0.15) is 0 Å². The Kier molecular flexibility index (Phi) is 10.3. The Bertz CT molecular complexity index is 283. The predicted octanol–water partition coefficient (Wildman–Crippen LogP) is 1.84. The molecule has 1 heterocycles. The maximum Gasteiger partial charge on any atom is 0.191 e. The van der Waals surface area contributed by atoms with E-state index in [1.165, 1.54) is 45.1 Å². The number of nitrogens with zero attached hydrogens (tertiary/aromatic N) is 2. The molecule has 1 saturated heterocycles. The van der Waals surface area contributed by atoms with Crippen LogP contribution in [0.5, 0.6) is 0 Å². The van der Waals surface area contributed by atoms with Crippen molar-refractivity contribution in [3.05, 3.63) is 0 Å². The third-order valence-corrected chi connectivity index (χ3v) is 4.13. The molecule has 1 fully saturated rings. The first-order chi connectivity index (χ1) is 10.3. The Balaban J connectivity index is 2.18. The van der Waals surface area contributed by atoms with Gasteiger partial charge in [-0.25, -0.2) is 0 Å². The molecule has 0 bridgehead atoms. The molecule has 0 aromatic rings. The highest BCUT2D eigenvalue weighted by molar-refractivity contribution is 5.79. The summed E-state index contributed by atoms with van der Waals surface area (Å²) in [4.78, 5) is 6.82. The number of likely N-dealkylation sites (tertiary alicyclic amines) is 1. The number of methoxy groups -OCH3 is 1. The third-order valence-electron chi connectivity index (χ3n) is 4.13. The highest BCUT2D eigenvalue weighted by Crippen LogP contribution is 2.15. The zero-order chi connectivity index (χ0) is 15.3. The Labute approximate surface area is 130 Å². The molecule has 21 heavy (non-hydrogen) atoms. The summed E-state index contributed by atoms with van der Waals surface area (Å²) in [6, 6.07) is 0.610. The molecule has 5 nitrogen and oxygen atoms in total. The molecule has 0 aliphatic carbocycles. The third kappa shape index (κ3) is 7.67. The van der Waals surface area contributed by atoms with E-state index in [9.17, 15) is 0 Å². The van der Waals surface area contributed by atoms with Gasteiger partial charge in [-0.1, -0.05) is 26.2 Å². The summed E-state index contributed by atoms with van der Waals surface area (Å²) < 4.78 is 5.19. The van der Waals surface area contributed by atoms with Crippen LogP contribution in [0.1, 0.15) is 45.4 Å². The number of ether oxygens (including phenoxy) is 1. The molecule has 0 saturated carbocycles. The fraction of sp³-hybridized carbons (Fsp3) is 0.938. The molecule has 1 unspecified atom stereocenters. The fourth-order valence-electron chi connectivity index (χ4n) is 2.82. The fourth-order valence-corrected chi connectivity index (χ4v) is 2.82. The van der Waals surface area contributed by atoms with E-state index in [2.05, 4.69) is 27.4 Å². The molecule has 1 rings (SSSR count). The summed E-state index contributed by atoms with van der Waals surface area (Å²) in [5.74, 6) is 0.935. The summed E-state index contributed by atoms with van der Waals surface area (Å²) >= 11 is 0. The van der Waals surface area contributed by atoms with Gasteiger partial charge in [0.2, 0.25) is 0 Å². The first-order valence-corrected chi connectivity index (χ1v) is 8.49. The van der Waals surface area contributed by atoms with E-state index in [1.807, 2.05) is 7.05 Å². The average molecular weight is 298 g/mol. The number of hydrogen-bond acceptors (Lipinski definition) is 3. The normalized spacial score (nSPS) is 20.0. The number of aliphatic imine (C=N–C) groups is 1. The van der Waals surface area contributed by atoms with Gasteiger partial charge in [0.15, 0.2) is 5.96 Å². The van der Waals surface area contributed by atoms with Crippen LogP contribution in [0, 0.1) is 0 Å². The molecule has 1 atom stereocenters. The zero-order valence-corrected chi connectivity index (χ0v) is 14.2. The van der Waals surface area contributed by atoms with Crippen LogP contribution in [0.4, 0.5) is 0 Å². The van der Waals surface area contributed by atoms with Crippen molar-refractivity contribution < 1.29 is 4.74 Å². The number of nitrogens with one attached hydrogen (secondary N) is 2. The molecular weight excluding hydrogens is 264 g/mol. The predicted molar refractivity (Wildman–Crippen MR) is 90.0 cm³/mol. The lowest BCUT2D eigenvalue weighted by molar-refractivity contribution is 0.141. The second-order valence-electron chi connectivity index (χ2n) is 5.77. The maximum atomic E-state index is 5.19. The van der Waals surface area contributed by atoms with Crippen molar-refractivity contribution >= 4 is 5.96 Å². The maximum absolute atomic E-state index is 5.19. The second kappa shape index (κ2) is 11.8. The van der Waals surface area contributed by atoms with Crippen LogP contribution in [0.25, 0.3) is 0 Å². The van der Waals surface area contributed by atoms with E-state index in [-0.39, 0.29) is 0 Å². The molecule has 0 spiro atoms. The van der Waals surface area contributed by atoms with Crippen molar-refractivity contribution in [3.63, 3.8) is 0 Å². The zero-order valence-electron chi connectivity index (χ0n) is 14.2. The van der Waals surface area contributed by atoms with Crippen molar-refractivity contribution in [2.45, 2.75) is 51.5 Å². The van der Waals surface area contributed by atoms with Gasteiger partial charge in [0.1, 0.15) is 0 Å². The molecule has 0 aromatic heterocycles. The van der Waals surface area contributed by atoms with E-state index in [0.717, 1.165) is 32.2 Å². The molecular formula is C16H34N4O. The lowest BCUT2D eigenvalue weighted by Gasteiger charge is -2.25. The number of hydrogen-bond donors (Lipinski definition) is 2. The largest absolute Gasteiger partial charge is 0.383 e. The molecule has 1 aliphatic rings. The van der Waals surface area contributed by atoms with Gasteiger partial charge in [0.25, 0.3) is 0 Å². The van der Waals surface area contributed by atoms with Gasteiger partial charge >= 0.3 is 0 Å². The van der Waals surface area contributed by atoms with Gasteiger partial charge in [0.05, 0.1) is 6.61 Å². The van der Waals surface area contributed by atoms with Crippen LogP contribution in [-0.2, 0) is 4.74 Å². The van der Waals surface area contributed by atoms with Crippen LogP contribution in [0.15, 0.2) is 4.99 Å². The molecule has 5 heteroatoms. The van der Waals surface area contributed by atoms with Crippen LogP contribution in [-0.4, -0.2) is 63.8 Å². The topological polar surface area (TPSA) is 48.9 Å². The van der Waals surface area contributed by atoms with E-state index in [4.69, 9.17) is 4.74 Å². The molecule has 0 radical (unpaired) electrons. The second-order valence-corrected chi connectivity index (χ2v) is 5.77. The molecule has 124 valence electrons. The van der Waals surface area contributed by atoms with Crippen molar-refractivity contribution in [2.75, 3.05) is 46.9 Å². The van der Waals surface area contributed by atoms with Gasteiger partial charge in [-0.3, -0.25) is 9.89 Å². The van der Waals surface area contributed by atoms with E-state index in [1.54, 1.807) is 7.11 Å². The lowest BCUT2D eigenvalue weighted by Crippen LogP contribution is -2.45. The number of guanidine groups is 1. The van der Waals surface area contributed by atoms with Crippen molar-refractivity contribution in [1.29, 1.82) is 0 Å². The van der Waals surface area contributed by atoms with Gasteiger partial charge in [-0.15, -0.1) is 0 Å². The highest BCUT2D eigenvalue weighted by atomic mass is 16.5. The monoisotopic (exact) mass is 298 g/mol. The minimum atomic E-state index is 0.610. The van der Waals surface area contributed by atoms with Crippen molar-refractivity contribution in [3.8, 4) is 0 Å².